The molecule has 0 aliphatic heterocycles. The highest BCUT2D eigenvalue weighted by atomic mass is 16.1. The Balaban J connectivity index is 2.63. The molecule has 88 valence electrons. The predicted octanol–water partition coefficient (Wildman–Crippen LogP) is 2.35. The van der Waals surface area contributed by atoms with E-state index in [9.17, 15) is 4.79 Å². The molecular formula is C12H19N3O. The summed E-state index contributed by atoms with van der Waals surface area (Å²) in [6.07, 6.45) is 3.08. The molecule has 1 aromatic rings. The lowest BCUT2D eigenvalue weighted by atomic mass is 10.1. The summed E-state index contributed by atoms with van der Waals surface area (Å²) in [4.78, 5) is 15.7. The number of nitrogens with two attached hydrogens (primary N) is 1. The van der Waals surface area contributed by atoms with Gasteiger partial charge in [-0.15, -0.1) is 0 Å². The summed E-state index contributed by atoms with van der Waals surface area (Å²) in [6.45, 7) is 6.01. The number of nitrogen functional groups attached to an aromatic ring is 1. The minimum Gasteiger partial charge on any atom is -0.397 e. The molecule has 4 nitrogen and oxygen atoms in total. The molecule has 0 saturated heterocycles. The molecule has 1 atom stereocenters. The molecule has 0 spiro atoms. The lowest BCUT2D eigenvalue weighted by molar-refractivity contribution is -0.117. The third-order valence-corrected chi connectivity index (χ3v) is 2.59. The van der Waals surface area contributed by atoms with Gasteiger partial charge in [-0.05, 0) is 24.5 Å². The Labute approximate surface area is 96.3 Å². The second-order valence-electron chi connectivity index (χ2n) is 4.20. The largest absolute Gasteiger partial charge is 0.397 e. The number of hydrogen-bond acceptors (Lipinski definition) is 3. The fourth-order valence-corrected chi connectivity index (χ4v) is 1.37. The van der Waals surface area contributed by atoms with Crippen molar-refractivity contribution in [2.45, 2.75) is 33.6 Å². The first-order valence-corrected chi connectivity index (χ1v) is 5.55. The number of anilines is 2. The Hall–Kier alpha value is -1.58. The van der Waals surface area contributed by atoms with Gasteiger partial charge in [0, 0.05) is 6.42 Å². The van der Waals surface area contributed by atoms with E-state index in [0.717, 1.165) is 12.0 Å². The molecule has 0 aliphatic rings. The minimum atomic E-state index is 0.00900. The van der Waals surface area contributed by atoms with E-state index in [2.05, 4.69) is 24.1 Å². The van der Waals surface area contributed by atoms with Gasteiger partial charge in [0.1, 0.15) is 5.82 Å². The van der Waals surface area contributed by atoms with Crippen LogP contribution in [0, 0.1) is 12.8 Å². The smallest absolute Gasteiger partial charge is 0.225 e. The van der Waals surface area contributed by atoms with Crippen molar-refractivity contribution in [1.29, 1.82) is 0 Å². The predicted molar refractivity (Wildman–Crippen MR) is 66.1 cm³/mol. The molecule has 3 N–H and O–H groups in total. The number of carbonyl (C=O) groups is 1. The molecule has 0 saturated carbocycles. The SMILES string of the molecule is CCC(C)CC(=O)Nc1ncc(N)cc1C. The van der Waals surface area contributed by atoms with Crippen molar-refractivity contribution in [2.24, 2.45) is 5.92 Å². The number of carbonyl (C=O) groups excluding carboxylic acids is 1. The molecule has 0 aromatic carbocycles. The van der Waals surface area contributed by atoms with E-state index in [1.54, 1.807) is 12.3 Å². The molecule has 4 heteroatoms. The second-order valence-corrected chi connectivity index (χ2v) is 4.20. The lowest BCUT2D eigenvalue weighted by Crippen LogP contribution is -2.16. The first-order valence-electron chi connectivity index (χ1n) is 5.55. The molecule has 16 heavy (non-hydrogen) atoms. The maximum Gasteiger partial charge on any atom is 0.225 e. The number of pyridine rings is 1. The van der Waals surface area contributed by atoms with E-state index >= 15 is 0 Å². The van der Waals surface area contributed by atoms with Crippen molar-refractivity contribution < 1.29 is 4.79 Å². The highest BCUT2D eigenvalue weighted by Gasteiger charge is 2.09. The molecular weight excluding hydrogens is 202 g/mol. The van der Waals surface area contributed by atoms with Gasteiger partial charge >= 0.3 is 0 Å². The van der Waals surface area contributed by atoms with Crippen LogP contribution in [0.15, 0.2) is 12.3 Å². The summed E-state index contributed by atoms with van der Waals surface area (Å²) >= 11 is 0. The van der Waals surface area contributed by atoms with Crippen molar-refractivity contribution in [2.75, 3.05) is 11.1 Å². The Morgan fingerprint density at radius 3 is 2.88 bits per heavy atom. The van der Waals surface area contributed by atoms with Crippen LogP contribution < -0.4 is 11.1 Å². The fraction of sp³-hybridized carbons (Fsp3) is 0.500. The molecule has 0 bridgehead atoms. The van der Waals surface area contributed by atoms with Gasteiger partial charge in [-0.3, -0.25) is 4.79 Å². The summed E-state index contributed by atoms with van der Waals surface area (Å²) in [5.74, 6) is 1.01. The molecule has 1 aromatic heterocycles. The van der Waals surface area contributed by atoms with Crippen LogP contribution in [0.2, 0.25) is 0 Å². The Bertz CT molecular complexity index is 377. The standard InChI is InChI=1S/C12H19N3O/c1-4-8(2)5-11(16)15-12-9(3)6-10(13)7-14-12/h6-8H,4-5,13H2,1-3H3,(H,14,15,16). The van der Waals surface area contributed by atoms with Gasteiger partial charge in [-0.1, -0.05) is 20.3 Å². The number of amides is 1. The van der Waals surface area contributed by atoms with E-state index in [1.165, 1.54) is 0 Å². The van der Waals surface area contributed by atoms with Crippen LogP contribution in [-0.4, -0.2) is 10.9 Å². The molecule has 1 amide bonds. The van der Waals surface area contributed by atoms with Gasteiger partial charge in [-0.2, -0.15) is 0 Å². The van der Waals surface area contributed by atoms with Crippen molar-refractivity contribution >= 4 is 17.4 Å². The summed E-state index contributed by atoms with van der Waals surface area (Å²) < 4.78 is 0. The third-order valence-electron chi connectivity index (χ3n) is 2.59. The molecule has 1 unspecified atom stereocenters. The van der Waals surface area contributed by atoms with Crippen LogP contribution in [0.5, 0.6) is 0 Å². The number of hydrogen-bond donors (Lipinski definition) is 2. The Morgan fingerprint density at radius 2 is 2.31 bits per heavy atom. The minimum absolute atomic E-state index is 0.00900. The van der Waals surface area contributed by atoms with Gasteiger partial charge in [0.15, 0.2) is 0 Å². The topological polar surface area (TPSA) is 68.0 Å². The van der Waals surface area contributed by atoms with Crippen LogP contribution in [0.25, 0.3) is 0 Å². The van der Waals surface area contributed by atoms with Crippen LogP contribution in [0.4, 0.5) is 11.5 Å². The van der Waals surface area contributed by atoms with Crippen molar-refractivity contribution in [1.82, 2.24) is 4.98 Å². The fourth-order valence-electron chi connectivity index (χ4n) is 1.37. The highest BCUT2D eigenvalue weighted by molar-refractivity contribution is 5.90. The van der Waals surface area contributed by atoms with E-state index in [0.29, 0.717) is 23.8 Å². The maximum atomic E-state index is 11.6. The molecule has 1 rings (SSSR count). The van der Waals surface area contributed by atoms with Crippen LogP contribution in [0.3, 0.4) is 0 Å². The Kier molecular flexibility index (Phi) is 4.28. The van der Waals surface area contributed by atoms with E-state index in [4.69, 9.17) is 5.73 Å². The molecule has 0 radical (unpaired) electrons. The first kappa shape index (κ1) is 12.5. The van der Waals surface area contributed by atoms with Gasteiger partial charge in [0.2, 0.25) is 5.91 Å². The number of aromatic nitrogens is 1. The average Bonchev–Trinajstić information content (AvgIpc) is 2.22. The quantitative estimate of drug-likeness (QED) is 0.820. The highest BCUT2D eigenvalue weighted by Crippen LogP contribution is 2.15. The normalized spacial score (nSPS) is 12.2. The van der Waals surface area contributed by atoms with E-state index < -0.39 is 0 Å². The van der Waals surface area contributed by atoms with E-state index in [-0.39, 0.29) is 5.91 Å². The second kappa shape index (κ2) is 5.49. The van der Waals surface area contributed by atoms with Gasteiger partial charge in [0.25, 0.3) is 0 Å². The molecule has 0 fully saturated rings. The lowest BCUT2D eigenvalue weighted by Gasteiger charge is -2.10. The van der Waals surface area contributed by atoms with E-state index in [1.807, 2.05) is 6.92 Å². The summed E-state index contributed by atoms with van der Waals surface area (Å²) in [5, 5.41) is 2.80. The maximum absolute atomic E-state index is 11.6. The summed E-state index contributed by atoms with van der Waals surface area (Å²) in [7, 11) is 0. The number of aryl methyl sites for hydroxylation is 1. The molecule has 1 heterocycles. The number of rotatable bonds is 4. The van der Waals surface area contributed by atoms with Crippen molar-refractivity contribution in [3.63, 3.8) is 0 Å². The zero-order valence-corrected chi connectivity index (χ0v) is 10.1. The first-order chi connectivity index (χ1) is 7.52. The van der Waals surface area contributed by atoms with Crippen molar-refractivity contribution in [3.8, 4) is 0 Å². The van der Waals surface area contributed by atoms with Crippen LogP contribution in [-0.2, 0) is 4.79 Å². The van der Waals surface area contributed by atoms with Crippen LogP contribution >= 0.6 is 0 Å². The van der Waals surface area contributed by atoms with Crippen LogP contribution in [0.1, 0.15) is 32.3 Å². The van der Waals surface area contributed by atoms with Gasteiger partial charge < -0.3 is 11.1 Å². The van der Waals surface area contributed by atoms with Gasteiger partial charge in [0.05, 0.1) is 11.9 Å². The summed E-state index contributed by atoms with van der Waals surface area (Å²) in [5.41, 5.74) is 7.08. The molecule has 0 aliphatic carbocycles. The number of nitrogens with zero attached hydrogens (tertiary/aromatic N) is 1. The Morgan fingerprint density at radius 1 is 1.62 bits per heavy atom. The third kappa shape index (κ3) is 3.53. The summed E-state index contributed by atoms with van der Waals surface area (Å²) in [6, 6.07) is 1.80. The zero-order chi connectivity index (χ0) is 12.1. The van der Waals surface area contributed by atoms with Gasteiger partial charge in [-0.25, -0.2) is 4.98 Å². The monoisotopic (exact) mass is 221 g/mol. The zero-order valence-electron chi connectivity index (χ0n) is 10.1. The number of nitrogens with one attached hydrogen (secondary N) is 1. The average molecular weight is 221 g/mol. The van der Waals surface area contributed by atoms with Crippen molar-refractivity contribution in [3.05, 3.63) is 17.8 Å².